The number of primary amides is 1. The molecule has 0 spiro atoms. The van der Waals surface area contributed by atoms with Crippen LogP contribution in [0, 0.1) is 5.82 Å². The van der Waals surface area contributed by atoms with Crippen LogP contribution < -0.4 is 15.8 Å². The van der Waals surface area contributed by atoms with Crippen LogP contribution in [0.25, 0.3) is 11.1 Å². The second-order valence-electron chi connectivity index (χ2n) is 6.90. The molecule has 6 nitrogen and oxygen atoms in total. The molecule has 3 N–H and O–H groups in total. The van der Waals surface area contributed by atoms with Gasteiger partial charge in [-0.05, 0) is 62.2 Å². The highest BCUT2D eigenvalue weighted by Crippen LogP contribution is 2.26. The van der Waals surface area contributed by atoms with Gasteiger partial charge in [0, 0.05) is 5.56 Å². The van der Waals surface area contributed by atoms with Gasteiger partial charge in [0.15, 0.2) is 0 Å². The molecule has 2 aromatic carbocycles. The van der Waals surface area contributed by atoms with E-state index in [1.807, 2.05) is 0 Å². The first kappa shape index (κ1) is 20.2. The number of halogens is 1. The third kappa shape index (κ3) is 6.62. The smallest absolute Gasteiger partial charge is 0.407 e. The van der Waals surface area contributed by atoms with E-state index in [1.165, 1.54) is 18.2 Å². The number of rotatable bonds is 6. The van der Waals surface area contributed by atoms with Crippen molar-refractivity contribution in [3.05, 3.63) is 53.8 Å². The average Bonchev–Trinajstić information content (AvgIpc) is 2.57. The Morgan fingerprint density at radius 1 is 1.11 bits per heavy atom. The fourth-order valence-corrected chi connectivity index (χ4v) is 2.30. The number of alkyl carbamates (subject to hydrolysis) is 1. The van der Waals surface area contributed by atoms with Crippen LogP contribution in [0.15, 0.2) is 42.5 Å². The van der Waals surface area contributed by atoms with Crippen molar-refractivity contribution in [3.8, 4) is 16.9 Å². The van der Waals surface area contributed by atoms with Gasteiger partial charge in [0.2, 0.25) is 5.91 Å². The fourth-order valence-electron chi connectivity index (χ4n) is 2.30. The van der Waals surface area contributed by atoms with E-state index in [9.17, 15) is 14.0 Å². The van der Waals surface area contributed by atoms with Crippen LogP contribution in [0.5, 0.6) is 5.75 Å². The Labute approximate surface area is 157 Å². The van der Waals surface area contributed by atoms with Crippen LogP contribution in [0.4, 0.5) is 9.18 Å². The van der Waals surface area contributed by atoms with E-state index in [0.29, 0.717) is 16.9 Å². The van der Waals surface area contributed by atoms with Crippen LogP contribution in [0.3, 0.4) is 0 Å². The molecule has 0 unspecified atom stereocenters. The van der Waals surface area contributed by atoms with E-state index in [1.54, 1.807) is 45.0 Å². The number of ether oxygens (including phenoxy) is 2. The van der Waals surface area contributed by atoms with Crippen LogP contribution in [0.2, 0.25) is 0 Å². The minimum Gasteiger partial charge on any atom is -0.492 e. The maximum atomic E-state index is 13.5. The molecule has 2 aromatic rings. The summed E-state index contributed by atoms with van der Waals surface area (Å²) in [6.07, 6.45) is -0.544. The predicted molar refractivity (Wildman–Crippen MR) is 100 cm³/mol. The van der Waals surface area contributed by atoms with Crippen LogP contribution >= 0.6 is 0 Å². The zero-order valence-electron chi connectivity index (χ0n) is 15.5. The van der Waals surface area contributed by atoms with Gasteiger partial charge in [-0.25, -0.2) is 9.18 Å². The molecule has 27 heavy (non-hydrogen) atoms. The summed E-state index contributed by atoms with van der Waals surface area (Å²) >= 11 is 0. The third-order valence-corrected chi connectivity index (χ3v) is 3.39. The molecule has 0 aliphatic carbocycles. The number of carbonyl (C=O) groups is 2. The van der Waals surface area contributed by atoms with E-state index in [2.05, 4.69) is 5.32 Å². The first-order valence-electron chi connectivity index (χ1n) is 8.44. The summed E-state index contributed by atoms with van der Waals surface area (Å²) in [4.78, 5) is 23.2. The van der Waals surface area contributed by atoms with Gasteiger partial charge >= 0.3 is 6.09 Å². The minimum atomic E-state index is -0.620. The Morgan fingerprint density at radius 3 is 2.48 bits per heavy atom. The Hall–Kier alpha value is -3.09. The number of nitrogens with one attached hydrogen (secondary N) is 1. The maximum Gasteiger partial charge on any atom is 0.407 e. The summed E-state index contributed by atoms with van der Waals surface area (Å²) in [7, 11) is 0. The summed E-state index contributed by atoms with van der Waals surface area (Å²) in [6.45, 7) is 5.68. The molecular weight excluding hydrogens is 351 g/mol. The van der Waals surface area contributed by atoms with E-state index >= 15 is 0 Å². The summed E-state index contributed by atoms with van der Waals surface area (Å²) in [5.74, 6) is -0.623. The van der Waals surface area contributed by atoms with Crippen molar-refractivity contribution in [2.24, 2.45) is 5.73 Å². The van der Waals surface area contributed by atoms with Crippen molar-refractivity contribution in [1.82, 2.24) is 5.32 Å². The number of amides is 2. The largest absolute Gasteiger partial charge is 0.492 e. The minimum absolute atomic E-state index is 0.157. The molecule has 0 atom stereocenters. The lowest BCUT2D eigenvalue weighted by atomic mass is 10.0. The number of carbonyl (C=O) groups excluding carboxylic acids is 2. The van der Waals surface area contributed by atoms with E-state index in [-0.39, 0.29) is 24.5 Å². The first-order valence-corrected chi connectivity index (χ1v) is 8.44. The van der Waals surface area contributed by atoms with Crippen molar-refractivity contribution >= 4 is 12.0 Å². The molecule has 0 fully saturated rings. The lowest BCUT2D eigenvalue weighted by Gasteiger charge is -2.19. The van der Waals surface area contributed by atoms with Gasteiger partial charge in [-0.15, -0.1) is 0 Å². The number of hydrogen-bond acceptors (Lipinski definition) is 4. The fraction of sp³-hybridized carbons (Fsp3) is 0.300. The molecule has 0 aliphatic rings. The Morgan fingerprint density at radius 2 is 1.85 bits per heavy atom. The molecule has 2 rings (SSSR count). The van der Waals surface area contributed by atoms with Crippen molar-refractivity contribution in [2.45, 2.75) is 26.4 Å². The van der Waals surface area contributed by atoms with E-state index < -0.39 is 17.6 Å². The Kier molecular flexibility index (Phi) is 6.39. The van der Waals surface area contributed by atoms with Gasteiger partial charge in [-0.2, -0.15) is 0 Å². The van der Waals surface area contributed by atoms with Crippen molar-refractivity contribution in [2.75, 3.05) is 13.2 Å². The van der Waals surface area contributed by atoms with Crippen LogP contribution in [0.1, 0.15) is 31.1 Å². The second kappa shape index (κ2) is 8.53. The van der Waals surface area contributed by atoms with Gasteiger partial charge in [0.05, 0.1) is 6.54 Å². The normalized spacial score (nSPS) is 11.0. The highest BCUT2D eigenvalue weighted by molar-refractivity contribution is 5.94. The molecule has 0 saturated heterocycles. The lowest BCUT2D eigenvalue weighted by molar-refractivity contribution is 0.0520. The number of nitrogens with two attached hydrogens (primary N) is 1. The highest BCUT2D eigenvalue weighted by Gasteiger charge is 2.15. The average molecular weight is 374 g/mol. The molecule has 0 heterocycles. The van der Waals surface area contributed by atoms with Crippen molar-refractivity contribution in [3.63, 3.8) is 0 Å². The molecule has 2 amide bonds. The predicted octanol–water partition coefficient (Wildman–Crippen LogP) is 3.50. The Balaban J connectivity index is 2.06. The summed E-state index contributed by atoms with van der Waals surface area (Å²) in [6, 6.07) is 10.7. The SMILES string of the molecule is CC(C)(C)OC(=O)NCCOc1cc(C(N)=O)cc(-c2cccc(F)c2)c1. The van der Waals surface area contributed by atoms with Crippen molar-refractivity contribution < 1.29 is 23.5 Å². The molecular formula is C20H23FN2O4. The molecule has 7 heteroatoms. The molecule has 0 saturated carbocycles. The number of hydrogen-bond donors (Lipinski definition) is 2. The molecule has 0 aliphatic heterocycles. The van der Waals surface area contributed by atoms with Gasteiger partial charge in [-0.3, -0.25) is 4.79 Å². The lowest BCUT2D eigenvalue weighted by Crippen LogP contribution is -2.34. The summed E-state index contributed by atoms with van der Waals surface area (Å²) in [5.41, 5.74) is 6.22. The topological polar surface area (TPSA) is 90.7 Å². The van der Waals surface area contributed by atoms with E-state index in [4.69, 9.17) is 15.2 Å². The summed E-state index contributed by atoms with van der Waals surface area (Å²) < 4.78 is 24.2. The van der Waals surface area contributed by atoms with Crippen molar-refractivity contribution in [1.29, 1.82) is 0 Å². The standard InChI is InChI=1S/C20H23FN2O4/c1-20(2,3)27-19(25)23-7-8-26-17-11-14(9-15(12-17)18(22)24)13-5-4-6-16(21)10-13/h4-6,9-12H,7-8H2,1-3H3,(H2,22,24)(H,23,25). The van der Waals surface area contributed by atoms with E-state index in [0.717, 1.165) is 0 Å². The number of benzene rings is 2. The zero-order valence-corrected chi connectivity index (χ0v) is 15.5. The second-order valence-corrected chi connectivity index (χ2v) is 6.90. The molecule has 0 aromatic heterocycles. The van der Waals surface area contributed by atoms with Gasteiger partial charge in [0.25, 0.3) is 0 Å². The zero-order chi connectivity index (χ0) is 20.0. The molecule has 0 radical (unpaired) electrons. The van der Waals surface area contributed by atoms with Gasteiger partial charge < -0.3 is 20.5 Å². The first-order chi connectivity index (χ1) is 12.6. The summed E-state index contributed by atoms with van der Waals surface area (Å²) in [5, 5.41) is 2.57. The monoisotopic (exact) mass is 374 g/mol. The van der Waals surface area contributed by atoms with Gasteiger partial charge in [-0.1, -0.05) is 12.1 Å². The molecule has 144 valence electrons. The van der Waals surface area contributed by atoms with Crippen LogP contribution in [-0.2, 0) is 4.74 Å². The maximum absolute atomic E-state index is 13.5. The Bertz CT molecular complexity index is 831. The van der Waals surface area contributed by atoms with Crippen LogP contribution in [-0.4, -0.2) is 30.8 Å². The highest BCUT2D eigenvalue weighted by atomic mass is 19.1. The molecule has 0 bridgehead atoms. The quantitative estimate of drug-likeness (QED) is 0.757. The van der Waals surface area contributed by atoms with Gasteiger partial charge in [0.1, 0.15) is 23.8 Å². The third-order valence-electron chi connectivity index (χ3n) is 3.39.